The summed E-state index contributed by atoms with van der Waals surface area (Å²) < 4.78 is 28.6. The summed E-state index contributed by atoms with van der Waals surface area (Å²) in [7, 11) is -3.68. The molecular weight excluding hydrogens is 382 g/mol. The van der Waals surface area contributed by atoms with Crippen LogP contribution in [0.1, 0.15) is 38.7 Å². The van der Waals surface area contributed by atoms with Crippen LogP contribution in [0.4, 0.5) is 10.8 Å². The average molecular weight is 404 g/mol. The zero-order chi connectivity index (χ0) is 19.6. The minimum Gasteiger partial charge on any atom is -0.302 e. The van der Waals surface area contributed by atoms with Crippen molar-refractivity contribution in [2.45, 2.75) is 38.0 Å². The van der Waals surface area contributed by atoms with E-state index in [0.717, 1.165) is 10.3 Å². The maximum atomic E-state index is 12.6. The summed E-state index contributed by atoms with van der Waals surface area (Å²) >= 11 is 1.30. The van der Waals surface area contributed by atoms with E-state index in [1.807, 2.05) is 12.1 Å². The molecule has 6 nitrogen and oxygen atoms in total. The Bertz CT molecular complexity index is 1070. The van der Waals surface area contributed by atoms with E-state index < -0.39 is 10.0 Å². The molecule has 0 fully saturated rings. The van der Waals surface area contributed by atoms with Gasteiger partial charge in [-0.05, 0) is 41.8 Å². The molecule has 0 aliphatic rings. The number of sulfonamides is 1. The maximum Gasteiger partial charge on any atom is 0.261 e. The second kappa shape index (κ2) is 7.66. The van der Waals surface area contributed by atoms with Crippen LogP contribution in [-0.4, -0.2) is 19.3 Å². The predicted octanol–water partition coefficient (Wildman–Crippen LogP) is 4.57. The van der Waals surface area contributed by atoms with Crippen LogP contribution >= 0.6 is 11.3 Å². The summed E-state index contributed by atoms with van der Waals surface area (Å²) in [4.78, 5) is 16.0. The van der Waals surface area contributed by atoms with Crippen molar-refractivity contribution in [3.63, 3.8) is 0 Å². The molecule has 0 aliphatic carbocycles. The molecule has 27 heavy (non-hydrogen) atoms. The number of carbonyl (C=O) groups is 1. The maximum absolute atomic E-state index is 12.6. The van der Waals surface area contributed by atoms with E-state index in [-0.39, 0.29) is 10.8 Å². The number of amides is 1. The highest BCUT2D eigenvalue weighted by atomic mass is 32.2. The van der Waals surface area contributed by atoms with Crippen molar-refractivity contribution >= 4 is 48.3 Å². The summed E-state index contributed by atoms with van der Waals surface area (Å²) in [6, 6.07) is 12.0. The number of hydrogen-bond acceptors (Lipinski definition) is 5. The van der Waals surface area contributed by atoms with Crippen LogP contribution in [0.15, 0.2) is 47.4 Å². The number of nitrogens with one attached hydrogen (secondary N) is 2. The van der Waals surface area contributed by atoms with Gasteiger partial charge in [-0.3, -0.25) is 9.52 Å². The molecule has 2 aromatic carbocycles. The first-order valence-corrected chi connectivity index (χ1v) is 10.9. The molecule has 1 aromatic heterocycles. The molecular formula is C19H21N3O3S2. The van der Waals surface area contributed by atoms with Crippen molar-refractivity contribution in [1.29, 1.82) is 0 Å². The minimum atomic E-state index is -3.68. The Morgan fingerprint density at radius 2 is 1.85 bits per heavy atom. The van der Waals surface area contributed by atoms with E-state index in [0.29, 0.717) is 28.7 Å². The zero-order valence-electron chi connectivity index (χ0n) is 15.3. The number of benzene rings is 2. The molecule has 0 bridgehead atoms. The Labute approximate surface area is 162 Å². The average Bonchev–Trinajstić information content (AvgIpc) is 3.02. The fourth-order valence-electron chi connectivity index (χ4n) is 2.50. The van der Waals surface area contributed by atoms with Gasteiger partial charge in [0.15, 0.2) is 5.13 Å². The van der Waals surface area contributed by atoms with E-state index >= 15 is 0 Å². The molecule has 2 N–H and O–H groups in total. The lowest BCUT2D eigenvalue weighted by Gasteiger charge is -2.10. The van der Waals surface area contributed by atoms with Crippen molar-refractivity contribution in [3.05, 3.63) is 48.0 Å². The van der Waals surface area contributed by atoms with E-state index in [1.165, 1.54) is 11.3 Å². The van der Waals surface area contributed by atoms with Crippen molar-refractivity contribution in [2.24, 2.45) is 0 Å². The van der Waals surface area contributed by atoms with E-state index in [1.54, 1.807) is 37.3 Å². The van der Waals surface area contributed by atoms with Gasteiger partial charge in [-0.2, -0.15) is 0 Å². The Kier molecular flexibility index (Phi) is 5.48. The quantitative estimate of drug-likeness (QED) is 0.631. The highest BCUT2D eigenvalue weighted by Gasteiger charge is 2.15. The summed E-state index contributed by atoms with van der Waals surface area (Å²) in [5.74, 6) is 0.227. The van der Waals surface area contributed by atoms with Gasteiger partial charge in [0.2, 0.25) is 5.91 Å². The van der Waals surface area contributed by atoms with Crippen LogP contribution in [0.2, 0.25) is 0 Å². The first-order valence-electron chi connectivity index (χ1n) is 8.61. The Morgan fingerprint density at radius 1 is 1.15 bits per heavy atom. The summed E-state index contributed by atoms with van der Waals surface area (Å²) in [5, 5.41) is 3.22. The lowest BCUT2D eigenvalue weighted by atomic mass is 10.0. The Hall–Kier alpha value is -2.45. The molecule has 142 valence electrons. The standard InChI is InChI=1S/C19H21N3O3S2/c1-4-18(23)21-19-20-16-10-7-14(11-17(16)26-19)22-27(24,25)15-8-5-13(6-9-15)12(2)3/h5-12,22H,4H2,1-3H3,(H,20,21,23). The van der Waals surface area contributed by atoms with Gasteiger partial charge in [0, 0.05) is 6.42 Å². The van der Waals surface area contributed by atoms with Crippen molar-refractivity contribution in [3.8, 4) is 0 Å². The normalized spacial score (nSPS) is 11.7. The van der Waals surface area contributed by atoms with Gasteiger partial charge in [-0.15, -0.1) is 0 Å². The molecule has 0 saturated heterocycles. The van der Waals surface area contributed by atoms with E-state index in [4.69, 9.17) is 0 Å². The third kappa shape index (κ3) is 4.45. The molecule has 0 aliphatic heterocycles. The number of hydrogen-bond donors (Lipinski definition) is 2. The van der Waals surface area contributed by atoms with Crippen molar-refractivity contribution in [2.75, 3.05) is 10.0 Å². The number of thiazole rings is 1. The van der Waals surface area contributed by atoms with Crippen molar-refractivity contribution in [1.82, 2.24) is 4.98 Å². The van der Waals surface area contributed by atoms with Gasteiger partial charge in [0.25, 0.3) is 10.0 Å². The molecule has 1 heterocycles. The lowest BCUT2D eigenvalue weighted by molar-refractivity contribution is -0.115. The number of fused-ring (bicyclic) bond motifs is 1. The second-order valence-corrected chi connectivity index (χ2v) is 9.15. The van der Waals surface area contributed by atoms with Crippen LogP contribution in [0.3, 0.4) is 0 Å². The Balaban J connectivity index is 1.83. The van der Waals surface area contributed by atoms with Gasteiger partial charge in [-0.25, -0.2) is 13.4 Å². The van der Waals surface area contributed by atoms with Crippen LogP contribution < -0.4 is 10.0 Å². The van der Waals surface area contributed by atoms with Crippen LogP contribution in [0.5, 0.6) is 0 Å². The van der Waals surface area contributed by atoms with E-state index in [2.05, 4.69) is 28.9 Å². The van der Waals surface area contributed by atoms with Gasteiger partial charge < -0.3 is 5.32 Å². The van der Waals surface area contributed by atoms with Crippen LogP contribution in [0.25, 0.3) is 10.2 Å². The molecule has 0 unspecified atom stereocenters. The predicted molar refractivity (Wildman–Crippen MR) is 110 cm³/mol. The fraction of sp³-hybridized carbons (Fsp3) is 0.263. The largest absolute Gasteiger partial charge is 0.302 e. The molecule has 3 aromatic rings. The number of anilines is 2. The molecule has 8 heteroatoms. The first-order chi connectivity index (χ1) is 12.8. The second-order valence-electron chi connectivity index (χ2n) is 6.43. The van der Waals surface area contributed by atoms with Gasteiger partial charge >= 0.3 is 0 Å². The number of carbonyl (C=O) groups excluding carboxylic acids is 1. The number of rotatable bonds is 6. The fourth-order valence-corrected chi connectivity index (χ4v) is 4.47. The molecule has 0 spiro atoms. The molecule has 0 saturated carbocycles. The van der Waals surface area contributed by atoms with Gasteiger partial charge in [-0.1, -0.05) is 44.2 Å². The summed E-state index contributed by atoms with van der Waals surface area (Å²) in [5.41, 5.74) is 2.24. The highest BCUT2D eigenvalue weighted by molar-refractivity contribution is 7.92. The van der Waals surface area contributed by atoms with Crippen LogP contribution in [0, 0.1) is 0 Å². The topological polar surface area (TPSA) is 88.2 Å². The van der Waals surface area contributed by atoms with Crippen molar-refractivity contribution < 1.29 is 13.2 Å². The monoisotopic (exact) mass is 403 g/mol. The molecule has 0 radical (unpaired) electrons. The third-order valence-electron chi connectivity index (χ3n) is 4.07. The van der Waals surface area contributed by atoms with E-state index in [9.17, 15) is 13.2 Å². The number of nitrogens with zero attached hydrogens (tertiary/aromatic N) is 1. The molecule has 1 amide bonds. The smallest absolute Gasteiger partial charge is 0.261 e. The minimum absolute atomic E-state index is 0.111. The SMILES string of the molecule is CCC(=O)Nc1nc2ccc(NS(=O)(=O)c3ccc(C(C)C)cc3)cc2s1. The highest BCUT2D eigenvalue weighted by Crippen LogP contribution is 2.29. The number of aromatic nitrogens is 1. The third-order valence-corrected chi connectivity index (χ3v) is 6.40. The molecule has 0 atom stereocenters. The van der Waals surface area contributed by atoms with Gasteiger partial charge in [0.05, 0.1) is 20.8 Å². The zero-order valence-corrected chi connectivity index (χ0v) is 16.9. The van der Waals surface area contributed by atoms with Crippen LogP contribution in [-0.2, 0) is 14.8 Å². The summed E-state index contributed by atoms with van der Waals surface area (Å²) in [6.45, 7) is 5.88. The summed E-state index contributed by atoms with van der Waals surface area (Å²) in [6.07, 6.45) is 0.372. The molecule has 3 rings (SSSR count). The first kappa shape index (κ1) is 19.3. The lowest BCUT2D eigenvalue weighted by Crippen LogP contribution is -2.12. The van der Waals surface area contributed by atoms with Gasteiger partial charge in [0.1, 0.15) is 0 Å². The Morgan fingerprint density at radius 3 is 2.48 bits per heavy atom.